The fraction of sp³-hybridized carbons (Fsp3) is 0.333. The topological polar surface area (TPSA) is 66.4 Å². The molecule has 1 aromatic carbocycles. The molecule has 0 fully saturated rings. The zero-order valence-electron chi connectivity index (χ0n) is 11.8. The second kappa shape index (κ2) is 7.93. The van der Waals surface area contributed by atoms with Crippen molar-refractivity contribution in [2.75, 3.05) is 0 Å². The molecule has 0 spiro atoms. The fourth-order valence-corrected chi connectivity index (χ4v) is 2.10. The first-order chi connectivity index (χ1) is 9.79. The van der Waals surface area contributed by atoms with Crippen molar-refractivity contribution in [3.8, 4) is 0 Å². The number of nitrogens with one attached hydrogen (secondary N) is 1. The summed E-state index contributed by atoms with van der Waals surface area (Å²) in [4.78, 5) is 22.8. The Bertz CT molecular complexity index is 558. The minimum Gasteiger partial charge on any atom is -0.480 e. The molecule has 1 aromatic rings. The maximum absolute atomic E-state index is 13.5. The van der Waals surface area contributed by atoms with E-state index in [0.717, 1.165) is 6.08 Å². The first kappa shape index (κ1) is 17.4. The zero-order valence-corrected chi connectivity index (χ0v) is 13.4. The molecule has 1 rings (SSSR count). The molecule has 0 saturated carbocycles. The van der Waals surface area contributed by atoms with Crippen LogP contribution >= 0.6 is 15.9 Å². The summed E-state index contributed by atoms with van der Waals surface area (Å²) in [5.41, 5.74) is 0.246. The Labute approximate surface area is 131 Å². The zero-order chi connectivity index (χ0) is 16.0. The summed E-state index contributed by atoms with van der Waals surface area (Å²) < 4.78 is 14.2. The van der Waals surface area contributed by atoms with Crippen LogP contribution in [0.5, 0.6) is 0 Å². The van der Waals surface area contributed by atoms with Crippen LogP contribution in [0.3, 0.4) is 0 Å². The fourth-order valence-electron chi connectivity index (χ4n) is 1.72. The normalized spacial score (nSPS) is 12.6. The van der Waals surface area contributed by atoms with Crippen molar-refractivity contribution in [1.29, 1.82) is 0 Å². The maximum atomic E-state index is 13.5. The number of rotatable bonds is 6. The number of carboxylic acid groups (broad SMARTS) is 1. The van der Waals surface area contributed by atoms with Gasteiger partial charge in [0.05, 0.1) is 0 Å². The van der Waals surface area contributed by atoms with Crippen molar-refractivity contribution in [1.82, 2.24) is 5.32 Å². The lowest BCUT2D eigenvalue weighted by Crippen LogP contribution is -2.40. The summed E-state index contributed by atoms with van der Waals surface area (Å²) in [7, 11) is 0. The molecule has 0 saturated heterocycles. The Kier molecular flexibility index (Phi) is 6.55. The van der Waals surface area contributed by atoms with Gasteiger partial charge in [-0.05, 0) is 36.6 Å². The summed E-state index contributed by atoms with van der Waals surface area (Å²) in [6.07, 6.45) is 2.77. The molecule has 0 radical (unpaired) electrons. The molecule has 1 unspecified atom stereocenters. The van der Waals surface area contributed by atoms with Crippen molar-refractivity contribution in [3.63, 3.8) is 0 Å². The van der Waals surface area contributed by atoms with Crippen LogP contribution in [0.4, 0.5) is 4.39 Å². The predicted molar refractivity (Wildman–Crippen MR) is 82.2 cm³/mol. The molecule has 0 aliphatic carbocycles. The molecule has 21 heavy (non-hydrogen) atoms. The van der Waals surface area contributed by atoms with E-state index in [4.69, 9.17) is 5.11 Å². The van der Waals surface area contributed by atoms with E-state index in [0.29, 0.717) is 10.9 Å². The summed E-state index contributed by atoms with van der Waals surface area (Å²) in [5, 5.41) is 11.4. The molecule has 0 aliphatic rings. The van der Waals surface area contributed by atoms with Crippen LogP contribution in [0, 0.1) is 11.7 Å². The SMILES string of the molecule is CC(C)CC(NC(=O)/C=C/c1cc(Br)ccc1F)C(=O)O. The monoisotopic (exact) mass is 357 g/mol. The number of hydrogen-bond donors (Lipinski definition) is 2. The van der Waals surface area contributed by atoms with E-state index in [1.807, 2.05) is 13.8 Å². The van der Waals surface area contributed by atoms with E-state index in [-0.39, 0.29) is 11.5 Å². The van der Waals surface area contributed by atoms with E-state index < -0.39 is 23.7 Å². The van der Waals surface area contributed by atoms with E-state index in [9.17, 15) is 14.0 Å². The van der Waals surface area contributed by atoms with Gasteiger partial charge < -0.3 is 10.4 Å². The van der Waals surface area contributed by atoms with Crippen LogP contribution in [0.2, 0.25) is 0 Å². The van der Waals surface area contributed by atoms with Gasteiger partial charge in [0.1, 0.15) is 11.9 Å². The number of hydrogen-bond acceptors (Lipinski definition) is 2. The van der Waals surface area contributed by atoms with Gasteiger partial charge in [0.25, 0.3) is 0 Å². The second-order valence-corrected chi connectivity index (χ2v) is 5.94. The number of carbonyl (C=O) groups is 2. The summed E-state index contributed by atoms with van der Waals surface area (Å²) in [6, 6.07) is 3.41. The van der Waals surface area contributed by atoms with Gasteiger partial charge >= 0.3 is 5.97 Å². The maximum Gasteiger partial charge on any atom is 0.326 e. The molecular formula is C15H17BrFNO3. The molecule has 1 atom stereocenters. The number of carboxylic acids is 1. The lowest BCUT2D eigenvalue weighted by atomic mass is 10.0. The first-order valence-corrected chi connectivity index (χ1v) is 7.25. The Hall–Kier alpha value is -1.69. The summed E-state index contributed by atoms with van der Waals surface area (Å²) >= 11 is 3.21. The first-order valence-electron chi connectivity index (χ1n) is 6.46. The van der Waals surface area contributed by atoms with Crippen LogP contribution in [0.1, 0.15) is 25.8 Å². The molecule has 0 heterocycles. The molecule has 0 aliphatic heterocycles. The number of benzene rings is 1. The van der Waals surface area contributed by atoms with Gasteiger partial charge in [0.15, 0.2) is 0 Å². The third kappa shape index (κ3) is 6.08. The van der Waals surface area contributed by atoms with Crippen molar-refractivity contribution in [2.24, 2.45) is 5.92 Å². The minimum absolute atomic E-state index is 0.137. The van der Waals surface area contributed by atoms with Crippen LogP contribution in [0.15, 0.2) is 28.7 Å². The average Bonchev–Trinajstić information content (AvgIpc) is 2.38. The van der Waals surface area contributed by atoms with Gasteiger partial charge in [-0.1, -0.05) is 29.8 Å². The molecule has 0 aromatic heterocycles. The average molecular weight is 358 g/mol. The van der Waals surface area contributed by atoms with Gasteiger partial charge in [0, 0.05) is 16.1 Å². The van der Waals surface area contributed by atoms with Crippen molar-refractivity contribution < 1.29 is 19.1 Å². The quantitative estimate of drug-likeness (QED) is 0.768. The molecule has 4 nitrogen and oxygen atoms in total. The molecule has 114 valence electrons. The van der Waals surface area contributed by atoms with Crippen LogP contribution < -0.4 is 5.32 Å². The smallest absolute Gasteiger partial charge is 0.326 e. The van der Waals surface area contributed by atoms with Crippen LogP contribution in [-0.2, 0) is 9.59 Å². The number of halogens is 2. The van der Waals surface area contributed by atoms with Gasteiger partial charge in [-0.15, -0.1) is 0 Å². The van der Waals surface area contributed by atoms with Crippen LogP contribution in [-0.4, -0.2) is 23.0 Å². The highest BCUT2D eigenvalue weighted by molar-refractivity contribution is 9.10. The third-order valence-corrected chi connectivity index (χ3v) is 3.19. The van der Waals surface area contributed by atoms with Gasteiger partial charge in [-0.2, -0.15) is 0 Å². The lowest BCUT2D eigenvalue weighted by Gasteiger charge is -2.15. The number of amides is 1. The highest BCUT2D eigenvalue weighted by atomic mass is 79.9. The Balaban J connectivity index is 2.73. The number of aliphatic carboxylic acids is 1. The Morgan fingerprint density at radius 2 is 2.10 bits per heavy atom. The highest BCUT2D eigenvalue weighted by Crippen LogP contribution is 2.16. The van der Waals surface area contributed by atoms with E-state index >= 15 is 0 Å². The summed E-state index contributed by atoms with van der Waals surface area (Å²) in [6.45, 7) is 3.74. The Morgan fingerprint density at radius 1 is 1.43 bits per heavy atom. The van der Waals surface area contributed by atoms with Gasteiger partial charge in [-0.3, -0.25) is 4.79 Å². The van der Waals surface area contributed by atoms with Crippen LogP contribution in [0.25, 0.3) is 6.08 Å². The largest absolute Gasteiger partial charge is 0.480 e. The number of carbonyl (C=O) groups excluding carboxylic acids is 1. The Morgan fingerprint density at radius 3 is 2.67 bits per heavy atom. The molecular weight excluding hydrogens is 341 g/mol. The molecule has 6 heteroatoms. The van der Waals surface area contributed by atoms with Gasteiger partial charge in [0.2, 0.25) is 5.91 Å². The second-order valence-electron chi connectivity index (χ2n) is 5.03. The third-order valence-electron chi connectivity index (χ3n) is 2.69. The predicted octanol–water partition coefficient (Wildman–Crippen LogP) is 3.22. The molecule has 2 N–H and O–H groups in total. The van der Waals surface area contributed by atoms with E-state index in [1.165, 1.54) is 18.2 Å². The van der Waals surface area contributed by atoms with Gasteiger partial charge in [-0.25, -0.2) is 9.18 Å². The highest BCUT2D eigenvalue weighted by Gasteiger charge is 2.19. The lowest BCUT2D eigenvalue weighted by molar-refractivity contribution is -0.141. The molecule has 0 bridgehead atoms. The van der Waals surface area contributed by atoms with E-state index in [1.54, 1.807) is 6.07 Å². The van der Waals surface area contributed by atoms with Crippen molar-refractivity contribution in [2.45, 2.75) is 26.3 Å². The van der Waals surface area contributed by atoms with Crippen molar-refractivity contribution >= 4 is 33.9 Å². The van der Waals surface area contributed by atoms with Crippen molar-refractivity contribution in [3.05, 3.63) is 40.1 Å². The standard InChI is InChI=1S/C15H17BrFNO3/c1-9(2)7-13(15(20)21)18-14(19)6-3-10-8-11(16)4-5-12(10)17/h3-6,8-9,13H,7H2,1-2H3,(H,18,19)(H,20,21)/b6-3+. The molecule has 1 amide bonds. The summed E-state index contributed by atoms with van der Waals surface area (Å²) in [5.74, 6) is -1.97. The minimum atomic E-state index is -1.08. The van der Waals surface area contributed by atoms with E-state index in [2.05, 4.69) is 21.2 Å².